The molecule has 0 aromatic heterocycles. The van der Waals surface area contributed by atoms with Crippen LogP contribution in [0, 0.1) is 5.82 Å². The molecule has 94 valence electrons. The molecule has 0 N–H and O–H groups in total. The highest BCUT2D eigenvalue weighted by molar-refractivity contribution is 6.31. The van der Waals surface area contributed by atoms with Gasteiger partial charge < -0.3 is 4.90 Å². The van der Waals surface area contributed by atoms with Gasteiger partial charge in [0.25, 0.3) is 0 Å². The molecule has 0 aliphatic carbocycles. The molecule has 0 radical (unpaired) electrons. The van der Waals surface area contributed by atoms with Crippen molar-refractivity contribution in [1.82, 2.24) is 9.80 Å². The Morgan fingerprint density at radius 1 is 1.18 bits per heavy atom. The van der Waals surface area contributed by atoms with Crippen LogP contribution in [0.3, 0.4) is 0 Å². The first-order valence-electron chi connectivity index (χ1n) is 6.07. The molecule has 1 aliphatic heterocycles. The van der Waals surface area contributed by atoms with Crippen LogP contribution in [-0.4, -0.2) is 42.5 Å². The zero-order valence-electron chi connectivity index (χ0n) is 10.1. The topological polar surface area (TPSA) is 6.48 Å². The molecular weight excluding hydrogens is 239 g/mol. The van der Waals surface area contributed by atoms with Crippen molar-refractivity contribution in [2.45, 2.75) is 13.5 Å². The second kappa shape index (κ2) is 5.80. The smallest absolute Gasteiger partial charge is 0.124 e. The van der Waals surface area contributed by atoms with Gasteiger partial charge in [-0.1, -0.05) is 24.6 Å². The number of rotatable bonds is 3. The van der Waals surface area contributed by atoms with Crippen molar-refractivity contribution in [3.05, 3.63) is 34.6 Å². The number of hydrogen-bond donors (Lipinski definition) is 0. The molecular formula is C13H18ClFN2. The van der Waals surface area contributed by atoms with Crippen molar-refractivity contribution in [2.24, 2.45) is 0 Å². The maximum atomic E-state index is 12.9. The molecule has 2 rings (SSSR count). The molecule has 0 saturated carbocycles. The van der Waals surface area contributed by atoms with Crippen molar-refractivity contribution < 1.29 is 4.39 Å². The summed E-state index contributed by atoms with van der Waals surface area (Å²) in [6.45, 7) is 8.45. The maximum Gasteiger partial charge on any atom is 0.124 e. The molecule has 2 nitrogen and oxygen atoms in total. The van der Waals surface area contributed by atoms with Crippen LogP contribution in [-0.2, 0) is 6.54 Å². The van der Waals surface area contributed by atoms with Crippen molar-refractivity contribution in [3.63, 3.8) is 0 Å². The van der Waals surface area contributed by atoms with E-state index < -0.39 is 0 Å². The summed E-state index contributed by atoms with van der Waals surface area (Å²) in [6.07, 6.45) is 0. The molecule has 17 heavy (non-hydrogen) atoms. The Morgan fingerprint density at radius 2 is 1.82 bits per heavy atom. The summed E-state index contributed by atoms with van der Waals surface area (Å²) in [7, 11) is 0. The highest BCUT2D eigenvalue weighted by atomic mass is 35.5. The Kier molecular flexibility index (Phi) is 4.37. The third-order valence-corrected chi connectivity index (χ3v) is 3.67. The van der Waals surface area contributed by atoms with Gasteiger partial charge in [0, 0.05) is 37.7 Å². The first-order valence-corrected chi connectivity index (χ1v) is 6.45. The van der Waals surface area contributed by atoms with Gasteiger partial charge in [0.05, 0.1) is 0 Å². The lowest BCUT2D eigenvalue weighted by Crippen LogP contribution is -2.45. The fourth-order valence-corrected chi connectivity index (χ4v) is 2.38. The minimum absolute atomic E-state index is 0.269. The average molecular weight is 257 g/mol. The van der Waals surface area contributed by atoms with Gasteiger partial charge in [0.2, 0.25) is 0 Å². The predicted octanol–water partition coefficient (Wildman–Crippen LogP) is 2.62. The van der Waals surface area contributed by atoms with Gasteiger partial charge in [-0.15, -0.1) is 0 Å². The third kappa shape index (κ3) is 3.41. The zero-order chi connectivity index (χ0) is 12.3. The molecule has 0 atom stereocenters. The maximum absolute atomic E-state index is 12.9. The summed E-state index contributed by atoms with van der Waals surface area (Å²) in [5, 5.41) is 0.530. The number of piperazine rings is 1. The average Bonchev–Trinajstić information content (AvgIpc) is 2.34. The number of likely N-dealkylation sites (N-methyl/N-ethyl adjacent to an activating group) is 1. The summed E-state index contributed by atoms with van der Waals surface area (Å²) in [5.41, 5.74) is 1.01. The van der Waals surface area contributed by atoms with Gasteiger partial charge in [0.15, 0.2) is 0 Å². The molecule has 0 bridgehead atoms. The summed E-state index contributed by atoms with van der Waals surface area (Å²) in [4.78, 5) is 4.80. The normalized spacial score (nSPS) is 18.5. The van der Waals surface area contributed by atoms with Crippen molar-refractivity contribution in [2.75, 3.05) is 32.7 Å². The van der Waals surface area contributed by atoms with Gasteiger partial charge in [0.1, 0.15) is 5.82 Å². The van der Waals surface area contributed by atoms with E-state index in [9.17, 15) is 4.39 Å². The van der Waals surface area contributed by atoms with E-state index >= 15 is 0 Å². The summed E-state index contributed by atoms with van der Waals surface area (Å²) in [5.74, 6) is -0.269. The van der Waals surface area contributed by atoms with E-state index in [4.69, 9.17) is 11.6 Å². The van der Waals surface area contributed by atoms with Crippen molar-refractivity contribution in [3.8, 4) is 0 Å². The Hall–Kier alpha value is -0.640. The Balaban J connectivity index is 1.93. The van der Waals surface area contributed by atoms with Gasteiger partial charge in [-0.3, -0.25) is 4.90 Å². The summed E-state index contributed by atoms with van der Waals surface area (Å²) < 4.78 is 12.9. The monoisotopic (exact) mass is 256 g/mol. The first kappa shape index (κ1) is 12.8. The van der Waals surface area contributed by atoms with Crippen LogP contribution < -0.4 is 0 Å². The molecule has 1 fully saturated rings. The van der Waals surface area contributed by atoms with E-state index in [1.807, 2.05) is 0 Å². The third-order valence-electron chi connectivity index (χ3n) is 3.32. The quantitative estimate of drug-likeness (QED) is 0.820. The highest BCUT2D eigenvalue weighted by Crippen LogP contribution is 2.19. The molecule has 1 heterocycles. The van der Waals surface area contributed by atoms with Crippen LogP contribution in [0.1, 0.15) is 12.5 Å². The number of nitrogens with zero attached hydrogens (tertiary/aromatic N) is 2. The SMILES string of the molecule is CCN1CCN(Cc2ccc(F)cc2Cl)CC1. The van der Waals surface area contributed by atoms with Crippen LogP contribution >= 0.6 is 11.6 Å². The minimum atomic E-state index is -0.269. The lowest BCUT2D eigenvalue weighted by molar-refractivity contribution is 0.132. The van der Waals surface area contributed by atoms with E-state index in [1.165, 1.54) is 12.1 Å². The van der Waals surface area contributed by atoms with Crippen LogP contribution in [0.25, 0.3) is 0 Å². The lowest BCUT2D eigenvalue weighted by atomic mass is 10.2. The van der Waals surface area contributed by atoms with Crippen LogP contribution in [0.2, 0.25) is 5.02 Å². The van der Waals surface area contributed by atoms with E-state index in [0.717, 1.165) is 44.8 Å². The minimum Gasteiger partial charge on any atom is -0.301 e. The van der Waals surface area contributed by atoms with Crippen LogP contribution in [0.4, 0.5) is 4.39 Å². The fourth-order valence-electron chi connectivity index (χ4n) is 2.15. The predicted molar refractivity (Wildman–Crippen MR) is 68.8 cm³/mol. The van der Waals surface area contributed by atoms with Gasteiger partial charge >= 0.3 is 0 Å². The fraction of sp³-hybridized carbons (Fsp3) is 0.538. The highest BCUT2D eigenvalue weighted by Gasteiger charge is 2.16. The Labute approximate surface area is 107 Å². The molecule has 1 aromatic rings. The van der Waals surface area contributed by atoms with Crippen molar-refractivity contribution >= 4 is 11.6 Å². The molecule has 1 aromatic carbocycles. The van der Waals surface area contributed by atoms with Gasteiger partial charge in [-0.2, -0.15) is 0 Å². The van der Waals surface area contributed by atoms with Crippen molar-refractivity contribution in [1.29, 1.82) is 0 Å². The number of halogens is 2. The summed E-state index contributed by atoms with van der Waals surface area (Å²) >= 11 is 6.03. The standard InChI is InChI=1S/C13H18ClFN2/c1-2-16-5-7-17(8-6-16)10-11-3-4-12(15)9-13(11)14/h3-4,9H,2,5-8,10H2,1H3. The van der Waals surface area contributed by atoms with Crippen LogP contribution in [0.5, 0.6) is 0 Å². The lowest BCUT2D eigenvalue weighted by Gasteiger charge is -2.34. The van der Waals surface area contributed by atoms with E-state index in [1.54, 1.807) is 6.07 Å². The second-order valence-corrected chi connectivity index (χ2v) is 4.85. The van der Waals surface area contributed by atoms with E-state index in [2.05, 4.69) is 16.7 Å². The van der Waals surface area contributed by atoms with E-state index in [-0.39, 0.29) is 5.82 Å². The Morgan fingerprint density at radius 3 is 2.41 bits per heavy atom. The molecule has 1 aliphatic rings. The van der Waals surface area contributed by atoms with E-state index in [0.29, 0.717) is 5.02 Å². The molecule has 0 spiro atoms. The second-order valence-electron chi connectivity index (χ2n) is 4.45. The number of benzene rings is 1. The molecule has 0 unspecified atom stereocenters. The van der Waals surface area contributed by atoms with Crippen LogP contribution in [0.15, 0.2) is 18.2 Å². The molecule has 0 amide bonds. The molecule has 1 saturated heterocycles. The zero-order valence-corrected chi connectivity index (χ0v) is 10.9. The van der Waals surface area contributed by atoms with Gasteiger partial charge in [-0.05, 0) is 24.2 Å². The summed E-state index contributed by atoms with van der Waals surface area (Å²) in [6, 6.07) is 4.65. The van der Waals surface area contributed by atoms with Gasteiger partial charge in [-0.25, -0.2) is 4.39 Å². The first-order chi connectivity index (χ1) is 8.19. The largest absolute Gasteiger partial charge is 0.301 e. The Bertz CT molecular complexity index is 376. The molecule has 4 heteroatoms. The number of hydrogen-bond acceptors (Lipinski definition) is 2.